The molecule has 0 heterocycles. The zero-order chi connectivity index (χ0) is 15.6. The second kappa shape index (κ2) is 6.24. The smallest absolute Gasteiger partial charge is 0.273 e. The fourth-order valence-electron chi connectivity index (χ4n) is 3.42. The molecule has 2 aliphatic carbocycles. The minimum absolute atomic E-state index is 0.0257. The molecule has 0 aromatic carbocycles. The summed E-state index contributed by atoms with van der Waals surface area (Å²) in [6, 6.07) is -0.286. The number of aldehydes is 1. The number of hydrogen-bond acceptors (Lipinski definition) is 4. The van der Waals surface area contributed by atoms with E-state index in [0.29, 0.717) is 5.92 Å². The molecule has 114 valence electrons. The highest BCUT2D eigenvalue weighted by molar-refractivity contribution is 5.58. The van der Waals surface area contributed by atoms with Crippen LogP contribution < -0.4 is 5.32 Å². The molecule has 0 aromatic heterocycles. The van der Waals surface area contributed by atoms with Crippen molar-refractivity contribution in [2.24, 2.45) is 11.8 Å². The van der Waals surface area contributed by atoms with Crippen molar-refractivity contribution in [3.05, 3.63) is 44.8 Å². The average molecular weight is 290 g/mol. The molecule has 0 aliphatic heterocycles. The van der Waals surface area contributed by atoms with E-state index in [9.17, 15) is 14.9 Å². The van der Waals surface area contributed by atoms with Gasteiger partial charge < -0.3 is 10.1 Å². The fourth-order valence-corrected chi connectivity index (χ4v) is 3.42. The second-order valence-corrected chi connectivity index (χ2v) is 5.72. The largest absolute Gasteiger partial charge is 0.379 e. The molecule has 2 rings (SSSR count). The summed E-state index contributed by atoms with van der Waals surface area (Å²) in [5, 5.41) is 14.5. The Morgan fingerprint density at radius 1 is 1.48 bits per heavy atom. The third-order valence-electron chi connectivity index (χ3n) is 4.45. The molecule has 0 saturated carbocycles. The molecular formula is C16H22N2O3. The van der Waals surface area contributed by atoms with Crippen LogP contribution >= 0.6 is 0 Å². The molecule has 21 heavy (non-hydrogen) atoms. The van der Waals surface area contributed by atoms with E-state index in [1.807, 2.05) is 0 Å². The Morgan fingerprint density at radius 2 is 2.19 bits per heavy atom. The van der Waals surface area contributed by atoms with Gasteiger partial charge in [0.25, 0.3) is 5.70 Å². The number of carbonyl (C=O) groups is 1. The number of rotatable bonds is 6. The zero-order valence-corrected chi connectivity index (χ0v) is 12.8. The maximum absolute atomic E-state index is 11.3. The van der Waals surface area contributed by atoms with Crippen LogP contribution in [0.25, 0.3) is 0 Å². The molecule has 0 amide bonds. The van der Waals surface area contributed by atoms with Crippen LogP contribution in [-0.4, -0.2) is 17.3 Å². The van der Waals surface area contributed by atoms with E-state index in [2.05, 4.69) is 19.2 Å². The van der Waals surface area contributed by atoms with Gasteiger partial charge in [-0.3, -0.25) is 10.1 Å². The lowest BCUT2D eigenvalue weighted by atomic mass is 9.82. The number of nitro groups is 1. The van der Waals surface area contributed by atoms with E-state index in [-0.39, 0.29) is 22.6 Å². The Bertz CT molecular complexity index is 546. The molecule has 2 aliphatic rings. The van der Waals surface area contributed by atoms with Crippen molar-refractivity contribution >= 4 is 6.29 Å². The van der Waals surface area contributed by atoms with Crippen molar-refractivity contribution in [3.8, 4) is 0 Å². The molecule has 5 nitrogen and oxygen atoms in total. The lowest BCUT2D eigenvalue weighted by Gasteiger charge is -2.28. The van der Waals surface area contributed by atoms with Crippen LogP contribution in [0, 0.1) is 22.0 Å². The maximum Gasteiger partial charge on any atom is 0.273 e. The molecule has 0 saturated heterocycles. The van der Waals surface area contributed by atoms with Crippen LogP contribution in [0.5, 0.6) is 0 Å². The minimum Gasteiger partial charge on any atom is -0.379 e. The third-order valence-corrected chi connectivity index (χ3v) is 4.45. The molecule has 2 unspecified atom stereocenters. The van der Waals surface area contributed by atoms with Crippen molar-refractivity contribution in [1.29, 1.82) is 0 Å². The highest BCUT2D eigenvalue weighted by Gasteiger charge is 2.42. The van der Waals surface area contributed by atoms with Crippen LogP contribution in [0.1, 0.15) is 40.0 Å². The Balaban J connectivity index is 2.47. The van der Waals surface area contributed by atoms with Crippen molar-refractivity contribution in [1.82, 2.24) is 5.32 Å². The van der Waals surface area contributed by atoms with Crippen LogP contribution in [-0.2, 0) is 4.79 Å². The van der Waals surface area contributed by atoms with Gasteiger partial charge >= 0.3 is 0 Å². The molecule has 0 fully saturated rings. The van der Waals surface area contributed by atoms with Gasteiger partial charge in [0.1, 0.15) is 6.29 Å². The summed E-state index contributed by atoms with van der Waals surface area (Å²) in [6.45, 7) is 5.96. The van der Waals surface area contributed by atoms with E-state index < -0.39 is 0 Å². The Labute approximate surface area is 124 Å². The monoisotopic (exact) mass is 290 g/mol. The summed E-state index contributed by atoms with van der Waals surface area (Å²) >= 11 is 0. The third kappa shape index (κ3) is 2.77. The van der Waals surface area contributed by atoms with E-state index in [1.54, 1.807) is 19.1 Å². The quantitative estimate of drug-likeness (QED) is 0.464. The first-order valence-electron chi connectivity index (χ1n) is 7.53. The average Bonchev–Trinajstić information content (AvgIpc) is 2.86. The number of nitrogens with one attached hydrogen (secondary N) is 1. The Morgan fingerprint density at radius 3 is 2.71 bits per heavy atom. The van der Waals surface area contributed by atoms with E-state index in [4.69, 9.17) is 0 Å². The van der Waals surface area contributed by atoms with E-state index >= 15 is 0 Å². The molecule has 0 bridgehead atoms. The molecule has 5 heteroatoms. The summed E-state index contributed by atoms with van der Waals surface area (Å²) in [5.74, 6) is 0.397. The van der Waals surface area contributed by atoms with Crippen molar-refractivity contribution in [3.63, 3.8) is 0 Å². The van der Waals surface area contributed by atoms with E-state index in [0.717, 1.165) is 36.8 Å². The normalized spacial score (nSPS) is 25.9. The Hall–Kier alpha value is -1.91. The SMILES string of the molecule is CCC1=C2C([N+](=O)[O-])=CC=C(N[C@@H](C)C=O)C2C(CC)C1. The standard InChI is InChI=1S/C16H22N2O3/c1-4-11-8-12(5-2)16-14(18(20)21)7-6-13(15(11)16)17-10(3)9-19/h6-7,9-11,15,17H,4-5,8H2,1-3H3/t10-,11?,15?/m0/s1. The predicted molar refractivity (Wildman–Crippen MR) is 81.0 cm³/mol. The molecular weight excluding hydrogens is 268 g/mol. The first-order valence-corrected chi connectivity index (χ1v) is 7.53. The van der Waals surface area contributed by atoms with Gasteiger partial charge in [-0.25, -0.2) is 0 Å². The second-order valence-electron chi connectivity index (χ2n) is 5.72. The number of allylic oxidation sites excluding steroid dienone is 5. The predicted octanol–water partition coefficient (Wildman–Crippen LogP) is 2.97. The highest BCUT2D eigenvalue weighted by atomic mass is 16.6. The van der Waals surface area contributed by atoms with Gasteiger partial charge in [0.05, 0.1) is 11.0 Å². The highest BCUT2D eigenvalue weighted by Crippen LogP contribution is 2.48. The number of carbonyl (C=O) groups excluding carboxylic acids is 1. The van der Waals surface area contributed by atoms with Crippen molar-refractivity contribution < 1.29 is 9.72 Å². The first-order chi connectivity index (χ1) is 10.0. The van der Waals surface area contributed by atoms with Gasteiger partial charge in [-0.05, 0) is 31.8 Å². The Kier molecular flexibility index (Phi) is 4.60. The number of nitrogens with zero attached hydrogens (tertiary/aromatic N) is 1. The summed E-state index contributed by atoms with van der Waals surface area (Å²) < 4.78 is 0. The van der Waals surface area contributed by atoms with Gasteiger partial charge in [0.2, 0.25) is 0 Å². The van der Waals surface area contributed by atoms with Gasteiger partial charge in [-0.1, -0.05) is 25.8 Å². The summed E-state index contributed by atoms with van der Waals surface area (Å²) in [5.41, 5.74) is 3.21. The van der Waals surface area contributed by atoms with Gasteiger partial charge in [-0.2, -0.15) is 0 Å². The molecule has 0 aromatic rings. The minimum atomic E-state index is -0.286. The van der Waals surface area contributed by atoms with Crippen LogP contribution in [0.4, 0.5) is 0 Å². The lowest BCUT2D eigenvalue weighted by molar-refractivity contribution is -0.421. The van der Waals surface area contributed by atoms with Gasteiger partial charge in [-0.15, -0.1) is 0 Å². The van der Waals surface area contributed by atoms with Crippen LogP contribution in [0.3, 0.4) is 0 Å². The van der Waals surface area contributed by atoms with Crippen molar-refractivity contribution in [2.75, 3.05) is 0 Å². The topological polar surface area (TPSA) is 72.2 Å². The molecule has 1 N–H and O–H groups in total. The molecule has 0 spiro atoms. The van der Waals surface area contributed by atoms with Crippen LogP contribution in [0.15, 0.2) is 34.7 Å². The summed E-state index contributed by atoms with van der Waals surface area (Å²) in [7, 11) is 0. The van der Waals surface area contributed by atoms with Crippen LogP contribution in [0.2, 0.25) is 0 Å². The maximum atomic E-state index is 11.3. The fraction of sp³-hybridized carbons (Fsp3) is 0.562. The summed E-state index contributed by atoms with van der Waals surface area (Å²) in [4.78, 5) is 21.9. The van der Waals surface area contributed by atoms with Crippen molar-refractivity contribution in [2.45, 2.75) is 46.1 Å². The first kappa shape index (κ1) is 15.5. The molecule has 0 radical (unpaired) electrons. The van der Waals surface area contributed by atoms with Gasteiger partial charge in [0, 0.05) is 23.3 Å². The molecule has 3 atom stereocenters. The number of fused-ring (bicyclic) bond motifs is 1. The lowest BCUT2D eigenvalue weighted by Crippen LogP contribution is -2.34. The van der Waals surface area contributed by atoms with Gasteiger partial charge in [0.15, 0.2) is 0 Å². The van der Waals surface area contributed by atoms with E-state index in [1.165, 1.54) is 5.57 Å². The number of hydrogen-bond donors (Lipinski definition) is 1. The zero-order valence-electron chi connectivity index (χ0n) is 12.8. The summed E-state index contributed by atoms with van der Waals surface area (Å²) in [6.07, 6.45) is 6.91.